The van der Waals surface area contributed by atoms with Crippen molar-refractivity contribution in [3.05, 3.63) is 75.1 Å². The van der Waals surface area contributed by atoms with Gasteiger partial charge in [0.1, 0.15) is 11.4 Å². The van der Waals surface area contributed by atoms with Gasteiger partial charge < -0.3 is 16.4 Å². The summed E-state index contributed by atoms with van der Waals surface area (Å²) >= 11 is 6.21. The van der Waals surface area contributed by atoms with Crippen LogP contribution in [0.4, 0.5) is 11.8 Å². The number of carbonyl (C=O) groups is 1. The first-order chi connectivity index (χ1) is 14.9. The second-order valence-corrected chi connectivity index (χ2v) is 7.52. The van der Waals surface area contributed by atoms with E-state index in [4.69, 9.17) is 17.3 Å². The van der Waals surface area contributed by atoms with Gasteiger partial charge in [0.05, 0.1) is 41.4 Å². The number of hydrogen-bond acceptors (Lipinski definition) is 7. The molecule has 1 amide bonds. The predicted molar refractivity (Wildman–Crippen MR) is 115 cm³/mol. The summed E-state index contributed by atoms with van der Waals surface area (Å²) in [4.78, 5) is 34.0. The van der Waals surface area contributed by atoms with Crippen molar-refractivity contribution in [1.82, 2.24) is 29.5 Å². The molecule has 0 saturated carbocycles. The third-order valence-corrected chi connectivity index (χ3v) is 5.40. The van der Waals surface area contributed by atoms with E-state index in [-0.39, 0.29) is 34.5 Å². The molecule has 11 heteroatoms. The number of para-hydroxylation sites is 1. The minimum atomic E-state index is -0.452. The molecule has 10 nitrogen and oxygen atoms in total. The number of hydrogen-bond donors (Lipinski definition) is 3. The third kappa shape index (κ3) is 3.08. The van der Waals surface area contributed by atoms with Crippen LogP contribution in [0.2, 0.25) is 5.02 Å². The molecular weight excluding hydrogens is 420 g/mol. The van der Waals surface area contributed by atoms with Crippen LogP contribution in [-0.2, 0) is 6.54 Å². The Morgan fingerprint density at radius 2 is 2.00 bits per heavy atom. The molecule has 1 unspecified atom stereocenters. The molecule has 4 N–H and O–H groups in total. The standard InChI is InChI=1S/C20H17ClN8O2/c1-10(25-17-15-13(8-23-18(15)30)26-20(22)27-17)14-9-28-16(12(21)7-24-28)19(31)29(14)11-5-3-2-4-6-11/h2-7,9-10H,8H2,1H3,(H,23,30)(H3,22,25,26,27). The van der Waals surface area contributed by atoms with Crippen LogP contribution in [0.15, 0.2) is 47.5 Å². The van der Waals surface area contributed by atoms with Crippen LogP contribution in [0.25, 0.3) is 11.2 Å². The molecule has 1 aliphatic heterocycles. The van der Waals surface area contributed by atoms with Gasteiger partial charge in [0, 0.05) is 5.69 Å². The Hall–Kier alpha value is -3.92. The molecule has 1 aliphatic rings. The van der Waals surface area contributed by atoms with Gasteiger partial charge in [-0.25, -0.2) is 9.50 Å². The molecule has 0 bridgehead atoms. The van der Waals surface area contributed by atoms with E-state index in [0.717, 1.165) is 0 Å². The maximum Gasteiger partial charge on any atom is 0.282 e. The summed E-state index contributed by atoms with van der Waals surface area (Å²) in [6, 6.07) is 8.75. The lowest BCUT2D eigenvalue weighted by molar-refractivity contribution is 0.0966. The van der Waals surface area contributed by atoms with E-state index < -0.39 is 6.04 Å². The van der Waals surface area contributed by atoms with Crippen LogP contribution >= 0.6 is 11.6 Å². The Balaban J connectivity index is 1.68. The topological polar surface area (TPSA) is 132 Å². The summed E-state index contributed by atoms with van der Waals surface area (Å²) in [7, 11) is 0. The number of amides is 1. The normalized spacial score (nSPS) is 13.8. The molecule has 1 aromatic carbocycles. The van der Waals surface area contributed by atoms with Crippen molar-refractivity contribution >= 4 is 34.8 Å². The van der Waals surface area contributed by atoms with E-state index in [0.29, 0.717) is 28.5 Å². The van der Waals surface area contributed by atoms with Crippen molar-refractivity contribution in [3.63, 3.8) is 0 Å². The fourth-order valence-corrected chi connectivity index (χ4v) is 3.93. The number of rotatable bonds is 4. The minimum Gasteiger partial charge on any atom is -0.368 e. The smallest absolute Gasteiger partial charge is 0.282 e. The van der Waals surface area contributed by atoms with Crippen LogP contribution in [0.3, 0.4) is 0 Å². The highest BCUT2D eigenvalue weighted by Crippen LogP contribution is 2.27. The molecule has 4 heterocycles. The second-order valence-electron chi connectivity index (χ2n) is 7.12. The van der Waals surface area contributed by atoms with Crippen molar-refractivity contribution in [3.8, 4) is 5.69 Å². The van der Waals surface area contributed by atoms with Gasteiger partial charge in [-0.3, -0.25) is 14.2 Å². The number of nitrogen functional groups attached to an aromatic ring is 1. The number of nitrogens with zero attached hydrogens (tertiary/aromatic N) is 5. The number of anilines is 2. The van der Waals surface area contributed by atoms with Crippen LogP contribution < -0.4 is 21.9 Å². The van der Waals surface area contributed by atoms with Gasteiger partial charge in [-0.2, -0.15) is 10.1 Å². The van der Waals surface area contributed by atoms with Crippen molar-refractivity contribution in [2.24, 2.45) is 0 Å². The van der Waals surface area contributed by atoms with E-state index in [9.17, 15) is 9.59 Å². The van der Waals surface area contributed by atoms with Gasteiger partial charge in [0.25, 0.3) is 11.5 Å². The third-order valence-electron chi connectivity index (χ3n) is 5.13. The van der Waals surface area contributed by atoms with Crippen molar-refractivity contribution in [2.75, 3.05) is 11.1 Å². The molecule has 0 saturated heterocycles. The van der Waals surface area contributed by atoms with Crippen LogP contribution in [-0.4, -0.2) is 30.1 Å². The van der Waals surface area contributed by atoms with E-state index in [2.05, 4.69) is 25.7 Å². The molecule has 0 aliphatic carbocycles. The Labute approximate surface area is 180 Å². The fraction of sp³-hybridized carbons (Fsp3) is 0.150. The number of nitrogens with one attached hydrogen (secondary N) is 2. The first-order valence-electron chi connectivity index (χ1n) is 9.49. The zero-order valence-electron chi connectivity index (χ0n) is 16.3. The lowest BCUT2D eigenvalue weighted by Gasteiger charge is -2.21. The first kappa shape index (κ1) is 19.1. The fourth-order valence-electron chi connectivity index (χ4n) is 3.72. The lowest BCUT2D eigenvalue weighted by atomic mass is 10.2. The Bertz CT molecular complexity index is 1400. The highest BCUT2D eigenvalue weighted by molar-refractivity contribution is 6.33. The molecule has 156 valence electrons. The van der Waals surface area contributed by atoms with Crippen LogP contribution in [0.5, 0.6) is 0 Å². The van der Waals surface area contributed by atoms with Crippen molar-refractivity contribution in [2.45, 2.75) is 19.5 Å². The summed E-state index contributed by atoms with van der Waals surface area (Å²) in [6.45, 7) is 2.14. The Morgan fingerprint density at radius 1 is 1.23 bits per heavy atom. The van der Waals surface area contributed by atoms with Crippen molar-refractivity contribution in [1.29, 1.82) is 0 Å². The van der Waals surface area contributed by atoms with E-state index in [1.54, 1.807) is 10.8 Å². The maximum absolute atomic E-state index is 13.4. The number of benzene rings is 1. The molecule has 3 aromatic heterocycles. The van der Waals surface area contributed by atoms with Crippen LogP contribution in [0, 0.1) is 0 Å². The maximum atomic E-state index is 13.4. The number of fused-ring (bicyclic) bond motifs is 2. The van der Waals surface area contributed by atoms with Gasteiger partial charge in [-0.15, -0.1) is 0 Å². The molecule has 1 atom stereocenters. The zero-order chi connectivity index (χ0) is 21.7. The molecule has 31 heavy (non-hydrogen) atoms. The molecule has 5 rings (SSSR count). The highest BCUT2D eigenvalue weighted by Gasteiger charge is 2.28. The Kier molecular flexibility index (Phi) is 4.36. The average molecular weight is 437 g/mol. The summed E-state index contributed by atoms with van der Waals surface area (Å²) in [5.41, 5.74) is 7.92. The van der Waals surface area contributed by atoms with Gasteiger partial charge >= 0.3 is 0 Å². The monoisotopic (exact) mass is 436 g/mol. The number of aromatic nitrogens is 5. The lowest BCUT2D eigenvalue weighted by Crippen LogP contribution is -2.28. The summed E-state index contributed by atoms with van der Waals surface area (Å²) in [5.74, 6) is 0.0785. The second kappa shape index (κ2) is 7.10. The SMILES string of the molecule is CC(Nc1nc(N)nc2c1C(=O)NC2)c1cn2ncc(Cl)c2c(=O)n1-c1ccccc1. The molecule has 0 radical (unpaired) electrons. The van der Waals surface area contributed by atoms with Crippen LogP contribution in [0.1, 0.15) is 34.7 Å². The highest BCUT2D eigenvalue weighted by atomic mass is 35.5. The van der Waals surface area contributed by atoms with Crippen molar-refractivity contribution < 1.29 is 4.79 Å². The predicted octanol–water partition coefficient (Wildman–Crippen LogP) is 1.93. The largest absolute Gasteiger partial charge is 0.368 e. The molecular formula is C20H17ClN8O2. The number of carbonyl (C=O) groups excluding carboxylic acids is 1. The van der Waals surface area contributed by atoms with E-state index in [1.165, 1.54) is 10.7 Å². The minimum absolute atomic E-state index is 0.0553. The number of nitrogens with two attached hydrogens (primary N) is 1. The Morgan fingerprint density at radius 3 is 2.77 bits per heavy atom. The summed E-state index contributed by atoms with van der Waals surface area (Å²) < 4.78 is 3.01. The van der Waals surface area contributed by atoms with Gasteiger partial charge in [-0.05, 0) is 19.1 Å². The zero-order valence-corrected chi connectivity index (χ0v) is 17.1. The average Bonchev–Trinajstić information content (AvgIpc) is 3.31. The molecule has 0 spiro atoms. The van der Waals surface area contributed by atoms with E-state index in [1.807, 2.05) is 37.3 Å². The first-order valence-corrected chi connectivity index (χ1v) is 9.87. The molecule has 0 fully saturated rings. The summed E-state index contributed by atoms with van der Waals surface area (Å²) in [5, 5.41) is 10.4. The molecule has 4 aromatic rings. The quantitative estimate of drug-likeness (QED) is 0.445. The van der Waals surface area contributed by atoms with Gasteiger partial charge in [-0.1, -0.05) is 29.8 Å². The summed E-state index contributed by atoms with van der Waals surface area (Å²) in [6.07, 6.45) is 3.15. The van der Waals surface area contributed by atoms with Gasteiger partial charge in [0.2, 0.25) is 5.95 Å². The number of halogens is 1. The van der Waals surface area contributed by atoms with E-state index >= 15 is 0 Å². The van der Waals surface area contributed by atoms with Gasteiger partial charge in [0.15, 0.2) is 5.52 Å².